The Morgan fingerprint density at radius 3 is 2.37 bits per heavy atom. The van der Waals surface area contributed by atoms with Crippen LogP contribution in [0.4, 0.5) is 17.1 Å². The number of nitrogens with one attached hydrogen (secondary N) is 2. The molecule has 2 N–H and O–H groups in total. The predicted molar refractivity (Wildman–Crippen MR) is 179 cm³/mol. The molecule has 1 fully saturated rings. The Bertz CT molecular complexity index is 1600. The minimum atomic E-state index is -0.182. The van der Waals surface area contributed by atoms with E-state index in [1.165, 1.54) is 5.69 Å². The molecule has 43 heavy (non-hydrogen) atoms. The normalized spacial score (nSPS) is 16.2. The minimum Gasteiger partial charge on any atom is -0.494 e. The zero-order valence-electron chi connectivity index (χ0n) is 25.7. The summed E-state index contributed by atoms with van der Waals surface area (Å²) in [6, 6.07) is 22.4. The Morgan fingerprint density at radius 2 is 1.74 bits per heavy atom. The fourth-order valence-electron chi connectivity index (χ4n) is 6.01. The second kappa shape index (κ2) is 12.9. The SMILES string of the molecule is CCC(=O)Nc1ccc(N2C(=S)NC(c3ccccn3)C2c2cc(C)n(-c3ccc(N(CC)CC)cc3)c2C)cc1OC. The molecule has 224 valence electrons. The highest BCUT2D eigenvalue weighted by molar-refractivity contribution is 7.80. The van der Waals surface area contributed by atoms with Gasteiger partial charge in [-0.15, -0.1) is 0 Å². The summed E-state index contributed by atoms with van der Waals surface area (Å²) in [5.41, 5.74) is 8.14. The van der Waals surface area contributed by atoms with Crippen LogP contribution in [0.3, 0.4) is 0 Å². The Kier molecular flexibility index (Phi) is 9.01. The first kappa shape index (κ1) is 30.1. The fraction of sp³-hybridized carbons (Fsp3) is 0.324. The average molecular weight is 597 g/mol. The third kappa shape index (κ3) is 5.82. The first-order valence-electron chi connectivity index (χ1n) is 14.8. The van der Waals surface area contributed by atoms with Gasteiger partial charge in [-0.1, -0.05) is 13.0 Å². The lowest BCUT2D eigenvalue weighted by Crippen LogP contribution is -2.29. The van der Waals surface area contributed by atoms with Crippen LogP contribution in [-0.2, 0) is 4.79 Å². The standard InChI is InChI=1S/C34H40N6O2S/c1-7-31(41)36-28-18-17-26(21-30(28)42-6)40-33(32(37-34(40)43)29-12-10-11-19-35-29)27-20-22(4)39(23(27)5)25-15-13-24(14-16-25)38(8-2)9-3/h10-21,32-33H,7-9H2,1-6H3,(H,36,41)(H,37,43). The topological polar surface area (TPSA) is 74.7 Å². The molecule has 1 aliphatic heterocycles. The number of amides is 1. The van der Waals surface area contributed by atoms with E-state index in [1.807, 2.05) is 49.5 Å². The smallest absolute Gasteiger partial charge is 0.224 e. The number of ether oxygens (including phenoxy) is 1. The summed E-state index contributed by atoms with van der Waals surface area (Å²) in [5, 5.41) is 7.08. The van der Waals surface area contributed by atoms with E-state index in [1.54, 1.807) is 7.11 Å². The third-order valence-corrected chi connectivity index (χ3v) is 8.50. The number of benzene rings is 2. The number of rotatable bonds is 10. The van der Waals surface area contributed by atoms with E-state index >= 15 is 0 Å². The maximum atomic E-state index is 12.1. The number of hydrogen-bond acceptors (Lipinski definition) is 5. The summed E-state index contributed by atoms with van der Waals surface area (Å²) >= 11 is 5.98. The Morgan fingerprint density at radius 1 is 1.02 bits per heavy atom. The number of carbonyl (C=O) groups excluding carboxylic acids is 1. The molecule has 9 heteroatoms. The highest BCUT2D eigenvalue weighted by atomic mass is 32.1. The van der Waals surface area contributed by atoms with Crippen molar-refractivity contribution in [3.8, 4) is 11.4 Å². The molecule has 2 aromatic heterocycles. The second-order valence-electron chi connectivity index (χ2n) is 10.6. The number of pyridine rings is 1. The van der Waals surface area contributed by atoms with Crippen molar-refractivity contribution in [2.75, 3.05) is 35.3 Å². The lowest BCUT2D eigenvalue weighted by Gasteiger charge is -2.29. The summed E-state index contributed by atoms with van der Waals surface area (Å²) in [6.07, 6.45) is 2.20. The van der Waals surface area contributed by atoms with Gasteiger partial charge in [0.2, 0.25) is 5.91 Å². The van der Waals surface area contributed by atoms with E-state index in [0.717, 1.165) is 47.1 Å². The van der Waals surface area contributed by atoms with Gasteiger partial charge in [0.25, 0.3) is 0 Å². The summed E-state index contributed by atoms with van der Waals surface area (Å²) in [7, 11) is 1.61. The van der Waals surface area contributed by atoms with Crippen molar-refractivity contribution < 1.29 is 9.53 Å². The van der Waals surface area contributed by atoms with Gasteiger partial charge < -0.3 is 29.7 Å². The average Bonchev–Trinajstić information content (AvgIpc) is 3.53. The molecular formula is C34H40N6O2S. The lowest BCUT2D eigenvalue weighted by molar-refractivity contribution is -0.115. The van der Waals surface area contributed by atoms with Crippen LogP contribution in [0.2, 0.25) is 0 Å². The van der Waals surface area contributed by atoms with E-state index in [9.17, 15) is 4.79 Å². The van der Waals surface area contributed by atoms with E-state index in [2.05, 4.69) is 83.0 Å². The zero-order chi connectivity index (χ0) is 30.7. The first-order valence-corrected chi connectivity index (χ1v) is 15.2. The van der Waals surface area contributed by atoms with Crippen LogP contribution in [0.25, 0.3) is 5.69 Å². The summed E-state index contributed by atoms with van der Waals surface area (Å²) in [5.74, 6) is 0.496. The van der Waals surface area contributed by atoms with Gasteiger partial charge in [-0.2, -0.15) is 0 Å². The van der Waals surface area contributed by atoms with Crippen molar-refractivity contribution >= 4 is 40.3 Å². The van der Waals surface area contributed by atoms with Crippen molar-refractivity contribution in [3.05, 3.63) is 95.6 Å². The second-order valence-corrected chi connectivity index (χ2v) is 11.0. The van der Waals surface area contributed by atoms with Gasteiger partial charge in [-0.05, 0) is 100 Å². The van der Waals surface area contributed by atoms with Crippen LogP contribution in [0, 0.1) is 13.8 Å². The van der Waals surface area contributed by atoms with Crippen molar-refractivity contribution in [3.63, 3.8) is 0 Å². The van der Waals surface area contributed by atoms with Crippen molar-refractivity contribution in [2.24, 2.45) is 0 Å². The molecular weight excluding hydrogens is 556 g/mol. The molecule has 1 amide bonds. The van der Waals surface area contributed by atoms with E-state index in [-0.39, 0.29) is 18.0 Å². The molecule has 0 aliphatic carbocycles. The van der Waals surface area contributed by atoms with Gasteiger partial charge >= 0.3 is 0 Å². The van der Waals surface area contributed by atoms with Gasteiger partial charge in [0.15, 0.2) is 5.11 Å². The summed E-state index contributed by atoms with van der Waals surface area (Å²) in [6.45, 7) is 12.4. The molecule has 3 heterocycles. The zero-order valence-corrected chi connectivity index (χ0v) is 26.5. The van der Waals surface area contributed by atoms with Gasteiger partial charge in [0.05, 0.1) is 30.6 Å². The number of aromatic nitrogens is 2. The van der Waals surface area contributed by atoms with Gasteiger partial charge in [0, 0.05) is 60.2 Å². The van der Waals surface area contributed by atoms with Crippen LogP contribution in [0.5, 0.6) is 5.75 Å². The number of thiocarbonyl (C=S) groups is 1. The molecule has 1 saturated heterocycles. The first-order chi connectivity index (χ1) is 20.8. The number of nitrogens with zero attached hydrogens (tertiary/aromatic N) is 4. The van der Waals surface area contributed by atoms with Crippen molar-refractivity contribution in [1.29, 1.82) is 0 Å². The maximum absolute atomic E-state index is 12.1. The number of carbonyl (C=O) groups is 1. The fourth-order valence-corrected chi connectivity index (χ4v) is 6.35. The monoisotopic (exact) mass is 596 g/mol. The molecule has 0 saturated carbocycles. The van der Waals surface area contributed by atoms with Crippen LogP contribution < -0.4 is 25.2 Å². The lowest BCUT2D eigenvalue weighted by atomic mass is 9.96. The van der Waals surface area contributed by atoms with E-state index in [4.69, 9.17) is 21.9 Å². The minimum absolute atomic E-state index is 0.0740. The largest absolute Gasteiger partial charge is 0.494 e. The van der Waals surface area contributed by atoms with E-state index < -0.39 is 0 Å². The van der Waals surface area contributed by atoms with Crippen LogP contribution in [-0.4, -0.2) is 40.8 Å². The number of anilines is 3. The highest BCUT2D eigenvalue weighted by Crippen LogP contribution is 2.45. The quantitative estimate of drug-likeness (QED) is 0.194. The number of methoxy groups -OCH3 is 1. The van der Waals surface area contributed by atoms with Crippen LogP contribution in [0.1, 0.15) is 61.9 Å². The summed E-state index contributed by atoms with van der Waals surface area (Å²) < 4.78 is 8.01. The molecule has 2 unspecified atom stereocenters. The number of hydrogen-bond donors (Lipinski definition) is 2. The Hall–Kier alpha value is -4.37. The summed E-state index contributed by atoms with van der Waals surface area (Å²) in [4.78, 5) is 21.3. The molecule has 2 aromatic carbocycles. The Balaban J connectivity index is 1.60. The molecule has 0 spiro atoms. The van der Waals surface area contributed by atoms with Crippen molar-refractivity contribution in [2.45, 2.75) is 53.1 Å². The highest BCUT2D eigenvalue weighted by Gasteiger charge is 2.42. The van der Waals surface area contributed by atoms with E-state index in [0.29, 0.717) is 23.0 Å². The molecule has 0 bridgehead atoms. The third-order valence-electron chi connectivity index (χ3n) is 8.18. The molecule has 2 atom stereocenters. The van der Waals surface area contributed by atoms with Gasteiger partial charge in [-0.3, -0.25) is 9.78 Å². The van der Waals surface area contributed by atoms with Crippen LogP contribution >= 0.6 is 12.2 Å². The molecule has 1 aliphatic rings. The molecule has 5 rings (SSSR count). The molecule has 0 radical (unpaired) electrons. The molecule has 4 aromatic rings. The Labute approximate surface area is 259 Å². The maximum Gasteiger partial charge on any atom is 0.224 e. The van der Waals surface area contributed by atoms with Crippen LogP contribution in [0.15, 0.2) is 72.9 Å². The van der Waals surface area contributed by atoms with Gasteiger partial charge in [-0.25, -0.2) is 0 Å². The van der Waals surface area contributed by atoms with Gasteiger partial charge in [0.1, 0.15) is 5.75 Å². The molecule has 8 nitrogen and oxygen atoms in total. The number of aryl methyl sites for hydroxylation is 1. The van der Waals surface area contributed by atoms with Crippen molar-refractivity contribution in [1.82, 2.24) is 14.9 Å². The predicted octanol–water partition coefficient (Wildman–Crippen LogP) is 6.87.